The monoisotopic (exact) mass is 267 g/mol. The van der Waals surface area contributed by atoms with Crippen LogP contribution < -0.4 is 11.1 Å². The minimum atomic E-state index is -1.11. The summed E-state index contributed by atoms with van der Waals surface area (Å²) in [4.78, 5) is 14.5. The lowest BCUT2D eigenvalue weighted by molar-refractivity contribution is 0.194. The van der Waals surface area contributed by atoms with Gasteiger partial charge in [-0.3, -0.25) is 0 Å². The van der Waals surface area contributed by atoms with E-state index in [-0.39, 0.29) is 6.54 Å². The number of hydrogen-bond donors (Lipinski definition) is 3. The minimum absolute atomic E-state index is 0.120. The number of amides is 1. The average Bonchev–Trinajstić information content (AvgIpc) is 2.78. The molecule has 0 unspecified atom stereocenters. The Morgan fingerprint density at radius 3 is 3.06 bits per heavy atom. The summed E-state index contributed by atoms with van der Waals surface area (Å²) in [6.45, 7) is 0.120. The SMILES string of the molecule is Nc1ccc(F)cc1-c1csc(CNC(=O)O)n1. The molecular formula is C11H10FN3O2S. The van der Waals surface area contributed by atoms with E-state index in [1.54, 1.807) is 5.38 Å². The van der Waals surface area contributed by atoms with Crippen LogP contribution in [0.15, 0.2) is 23.6 Å². The molecule has 0 aliphatic heterocycles. The number of halogens is 1. The zero-order valence-electron chi connectivity index (χ0n) is 9.18. The first-order chi connectivity index (χ1) is 8.56. The number of carboxylic acid groups (broad SMARTS) is 1. The number of benzene rings is 1. The van der Waals surface area contributed by atoms with Crippen LogP contribution in [0.4, 0.5) is 14.9 Å². The van der Waals surface area contributed by atoms with Crippen molar-refractivity contribution in [3.63, 3.8) is 0 Å². The molecule has 0 saturated heterocycles. The third kappa shape index (κ3) is 2.75. The van der Waals surface area contributed by atoms with Gasteiger partial charge in [0.25, 0.3) is 0 Å². The van der Waals surface area contributed by atoms with Crippen LogP contribution in [-0.4, -0.2) is 16.2 Å². The molecule has 1 amide bonds. The normalized spacial score (nSPS) is 10.3. The fourth-order valence-electron chi connectivity index (χ4n) is 1.42. The largest absolute Gasteiger partial charge is 0.465 e. The number of thiazole rings is 1. The van der Waals surface area contributed by atoms with Gasteiger partial charge in [-0.15, -0.1) is 11.3 Å². The van der Waals surface area contributed by atoms with E-state index in [2.05, 4.69) is 10.3 Å². The van der Waals surface area contributed by atoms with Gasteiger partial charge >= 0.3 is 6.09 Å². The van der Waals surface area contributed by atoms with E-state index < -0.39 is 11.9 Å². The van der Waals surface area contributed by atoms with Crippen molar-refractivity contribution in [2.45, 2.75) is 6.54 Å². The highest BCUT2D eigenvalue weighted by molar-refractivity contribution is 7.09. The third-order valence-corrected chi connectivity index (χ3v) is 3.08. The van der Waals surface area contributed by atoms with Gasteiger partial charge in [-0.25, -0.2) is 14.2 Å². The number of nitrogens with one attached hydrogen (secondary N) is 1. The maximum absolute atomic E-state index is 13.1. The molecule has 0 fully saturated rings. The van der Waals surface area contributed by atoms with Gasteiger partial charge in [0, 0.05) is 16.6 Å². The number of rotatable bonds is 3. The Morgan fingerprint density at radius 2 is 2.33 bits per heavy atom. The summed E-state index contributed by atoms with van der Waals surface area (Å²) < 4.78 is 13.1. The maximum Gasteiger partial charge on any atom is 0.405 e. The third-order valence-electron chi connectivity index (χ3n) is 2.23. The number of nitrogen functional groups attached to an aromatic ring is 1. The van der Waals surface area contributed by atoms with Crippen molar-refractivity contribution in [1.82, 2.24) is 10.3 Å². The molecule has 0 atom stereocenters. The Labute approximate surface area is 106 Å². The molecule has 5 nitrogen and oxygen atoms in total. The molecule has 2 rings (SSSR count). The van der Waals surface area contributed by atoms with Crippen LogP contribution in [-0.2, 0) is 6.54 Å². The fourth-order valence-corrected chi connectivity index (χ4v) is 2.15. The summed E-state index contributed by atoms with van der Waals surface area (Å²) >= 11 is 1.29. The molecule has 0 aliphatic carbocycles. The molecule has 0 bridgehead atoms. The van der Waals surface area contributed by atoms with Gasteiger partial charge in [-0.05, 0) is 18.2 Å². The van der Waals surface area contributed by atoms with Gasteiger partial charge in [0.05, 0.1) is 12.2 Å². The first kappa shape index (κ1) is 12.3. The van der Waals surface area contributed by atoms with Crippen molar-refractivity contribution in [1.29, 1.82) is 0 Å². The van der Waals surface area contributed by atoms with Gasteiger partial charge in [0.15, 0.2) is 0 Å². The van der Waals surface area contributed by atoms with Crippen molar-refractivity contribution in [2.75, 3.05) is 5.73 Å². The molecular weight excluding hydrogens is 257 g/mol. The molecule has 1 heterocycles. The summed E-state index contributed by atoms with van der Waals surface area (Å²) in [5, 5.41) is 13.0. The topological polar surface area (TPSA) is 88.2 Å². The maximum atomic E-state index is 13.1. The van der Waals surface area contributed by atoms with Crippen LogP contribution in [0.5, 0.6) is 0 Å². The molecule has 1 aromatic heterocycles. The van der Waals surface area contributed by atoms with Crippen LogP contribution >= 0.6 is 11.3 Å². The Bertz CT molecular complexity index is 585. The van der Waals surface area contributed by atoms with E-state index >= 15 is 0 Å². The zero-order chi connectivity index (χ0) is 13.1. The Hall–Kier alpha value is -2.15. The highest BCUT2D eigenvalue weighted by Crippen LogP contribution is 2.27. The van der Waals surface area contributed by atoms with E-state index in [9.17, 15) is 9.18 Å². The molecule has 2 aromatic rings. The molecule has 7 heteroatoms. The van der Waals surface area contributed by atoms with Crippen LogP contribution in [0, 0.1) is 5.82 Å². The number of carbonyl (C=O) groups is 1. The summed E-state index contributed by atoms with van der Waals surface area (Å²) in [5.74, 6) is -0.391. The van der Waals surface area contributed by atoms with Crippen molar-refractivity contribution in [3.8, 4) is 11.3 Å². The number of hydrogen-bond acceptors (Lipinski definition) is 4. The smallest absolute Gasteiger partial charge is 0.405 e. The van der Waals surface area contributed by atoms with Gasteiger partial charge < -0.3 is 16.2 Å². The van der Waals surface area contributed by atoms with Gasteiger partial charge in [0.1, 0.15) is 10.8 Å². The van der Waals surface area contributed by atoms with Crippen molar-refractivity contribution in [2.24, 2.45) is 0 Å². The van der Waals surface area contributed by atoms with Gasteiger partial charge in [-0.2, -0.15) is 0 Å². The molecule has 0 radical (unpaired) electrons. The van der Waals surface area contributed by atoms with Crippen LogP contribution in [0.2, 0.25) is 0 Å². The summed E-state index contributed by atoms with van der Waals surface area (Å²) in [5.41, 5.74) is 7.22. The average molecular weight is 267 g/mol. The second-order valence-electron chi connectivity index (χ2n) is 3.52. The predicted octanol–water partition coefficient (Wildman–Crippen LogP) is 2.30. The van der Waals surface area contributed by atoms with Crippen LogP contribution in [0.25, 0.3) is 11.3 Å². The highest BCUT2D eigenvalue weighted by atomic mass is 32.1. The number of aromatic nitrogens is 1. The first-order valence-electron chi connectivity index (χ1n) is 5.03. The highest BCUT2D eigenvalue weighted by Gasteiger charge is 2.09. The Balaban J connectivity index is 2.23. The van der Waals surface area contributed by atoms with Crippen molar-refractivity contribution >= 4 is 23.1 Å². The molecule has 1 aromatic carbocycles. The fraction of sp³-hybridized carbons (Fsp3) is 0.0909. The Kier molecular flexibility index (Phi) is 3.42. The molecule has 94 valence electrons. The lowest BCUT2D eigenvalue weighted by Gasteiger charge is -2.02. The molecule has 0 spiro atoms. The van der Waals surface area contributed by atoms with Gasteiger partial charge in [0.2, 0.25) is 0 Å². The first-order valence-corrected chi connectivity index (χ1v) is 5.91. The van der Waals surface area contributed by atoms with E-state index in [0.29, 0.717) is 22.0 Å². The number of nitrogens with zero attached hydrogens (tertiary/aromatic N) is 1. The number of anilines is 1. The van der Waals surface area contributed by atoms with E-state index in [0.717, 1.165) is 0 Å². The second kappa shape index (κ2) is 5.01. The predicted molar refractivity (Wildman–Crippen MR) is 66.8 cm³/mol. The Morgan fingerprint density at radius 1 is 1.56 bits per heavy atom. The van der Waals surface area contributed by atoms with E-state index in [4.69, 9.17) is 10.8 Å². The summed E-state index contributed by atoms with van der Waals surface area (Å²) in [7, 11) is 0. The lowest BCUT2D eigenvalue weighted by Crippen LogP contribution is -2.19. The van der Waals surface area contributed by atoms with Crippen LogP contribution in [0.1, 0.15) is 5.01 Å². The zero-order valence-corrected chi connectivity index (χ0v) is 10.00. The van der Waals surface area contributed by atoms with Crippen LogP contribution in [0.3, 0.4) is 0 Å². The minimum Gasteiger partial charge on any atom is -0.465 e. The summed E-state index contributed by atoms with van der Waals surface area (Å²) in [6.07, 6.45) is -1.11. The molecule has 4 N–H and O–H groups in total. The molecule has 18 heavy (non-hydrogen) atoms. The standard InChI is InChI=1S/C11H10FN3O2S/c12-6-1-2-8(13)7(3-6)9-5-18-10(15-9)4-14-11(16)17/h1-3,5,14H,4,13H2,(H,16,17). The van der Waals surface area contributed by atoms with Gasteiger partial charge in [-0.1, -0.05) is 0 Å². The lowest BCUT2D eigenvalue weighted by atomic mass is 10.1. The molecule has 0 saturated carbocycles. The van der Waals surface area contributed by atoms with Crippen molar-refractivity contribution in [3.05, 3.63) is 34.4 Å². The number of nitrogens with two attached hydrogens (primary N) is 1. The second-order valence-corrected chi connectivity index (χ2v) is 4.46. The van der Waals surface area contributed by atoms with E-state index in [1.807, 2.05) is 0 Å². The van der Waals surface area contributed by atoms with E-state index in [1.165, 1.54) is 29.5 Å². The van der Waals surface area contributed by atoms with Crippen molar-refractivity contribution < 1.29 is 14.3 Å². The summed E-state index contributed by atoms with van der Waals surface area (Å²) in [6, 6.07) is 4.05. The quantitative estimate of drug-likeness (QED) is 0.744. The molecule has 0 aliphatic rings.